The largest absolute Gasteiger partial charge is 0.462 e. The van der Waals surface area contributed by atoms with E-state index in [2.05, 4.69) is 26.3 Å². The second-order valence-corrected chi connectivity index (χ2v) is 12.0. The van der Waals surface area contributed by atoms with Crippen molar-refractivity contribution in [3.05, 3.63) is 48.6 Å². The molecule has 36 heavy (non-hydrogen) atoms. The highest BCUT2D eigenvalue weighted by atomic mass is 28.4. The Hall–Kier alpha value is -3.02. The van der Waals surface area contributed by atoms with Crippen molar-refractivity contribution in [2.24, 2.45) is 0 Å². The Morgan fingerprint density at radius 2 is 1.08 bits per heavy atom. The van der Waals surface area contributed by atoms with E-state index < -0.39 is 38.4 Å². The van der Waals surface area contributed by atoms with E-state index in [9.17, 15) is 19.2 Å². The summed E-state index contributed by atoms with van der Waals surface area (Å²) in [6.45, 7) is 22.0. The van der Waals surface area contributed by atoms with E-state index in [1.165, 1.54) is 27.9 Å². The summed E-state index contributed by atoms with van der Waals surface area (Å²) in [6.07, 6.45) is 0.844. The van der Waals surface area contributed by atoms with Gasteiger partial charge in [-0.2, -0.15) is 0 Å². The second-order valence-electron chi connectivity index (χ2n) is 8.50. The number of unbranched alkanes of at least 4 members (excludes halogenated alkanes) is 1. The summed E-state index contributed by atoms with van der Waals surface area (Å²) in [6, 6.07) is 0.102. The molecule has 1 unspecified atom stereocenters. The number of hydrogen-bond acceptors (Lipinski definition) is 10. The molecule has 11 heteroatoms. The number of carbonyl (C=O) groups excluding carboxylic acids is 4. The SMILES string of the molecule is C=C(C)C(=O)OCCCCO[Si](C)(CCC(OC(=O)C(=C)C)(OC(=O)C(=C)C)OC(=O)C(=C)C)OC. The number of hydrogen-bond donors (Lipinski definition) is 0. The summed E-state index contributed by atoms with van der Waals surface area (Å²) in [4.78, 5) is 48.6. The molecule has 0 aliphatic carbocycles. The van der Waals surface area contributed by atoms with Crippen molar-refractivity contribution >= 4 is 32.4 Å². The molecule has 0 saturated heterocycles. The summed E-state index contributed by atoms with van der Waals surface area (Å²) < 4.78 is 32.6. The fourth-order valence-corrected chi connectivity index (χ4v) is 4.10. The first-order valence-corrected chi connectivity index (χ1v) is 13.8. The third kappa shape index (κ3) is 12.1. The molecule has 0 rings (SSSR count). The van der Waals surface area contributed by atoms with Gasteiger partial charge in [0.2, 0.25) is 0 Å². The molecule has 10 nitrogen and oxygen atoms in total. The Bertz CT molecular complexity index is 822. The van der Waals surface area contributed by atoms with Crippen LogP contribution in [0.3, 0.4) is 0 Å². The molecule has 0 saturated carbocycles. The van der Waals surface area contributed by atoms with Crippen LogP contribution >= 0.6 is 0 Å². The molecule has 0 aliphatic rings. The zero-order valence-corrected chi connectivity index (χ0v) is 23.2. The molecule has 0 heterocycles. The van der Waals surface area contributed by atoms with Gasteiger partial charge in [0.1, 0.15) is 0 Å². The first kappa shape index (κ1) is 33.0. The predicted molar refractivity (Wildman–Crippen MR) is 134 cm³/mol. The van der Waals surface area contributed by atoms with Crippen LogP contribution in [0.15, 0.2) is 48.6 Å². The molecule has 0 radical (unpaired) electrons. The molecule has 0 aromatic heterocycles. The van der Waals surface area contributed by atoms with Gasteiger partial charge in [0, 0.05) is 42.1 Å². The predicted octanol–water partition coefficient (Wildman–Crippen LogP) is 4.02. The fraction of sp³-hybridized carbons (Fsp3) is 0.520. The van der Waals surface area contributed by atoms with E-state index >= 15 is 0 Å². The van der Waals surface area contributed by atoms with Gasteiger partial charge in [-0.05, 0) is 47.1 Å². The average Bonchev–Trinajstić information content (AvgIpc) is 2.79. The Morgan fingerprint density at radius 3 is 1.44 bits per heavy atom. The summed E-state index contributed by atoms with van der Waals surface area (Å²) in [5, 5.41) is 0. The second kappa shape index (κ2) is 15.2. The number of esters is 4. The van der Waals surface area contributed by atoms with Crippen molar-refractivity contribution in [2.75, 3.05) is 20.3 Å². The molecular formula is C25H38O10Si. The van der Waals surface area contributed by atoms with E-state index in [1.54, 1.807) is 13.5 Å². The van der Waals surface area contributed by atoms with E-state index in [-0.39, 0.29) is 42.4 Å². The van der Waals surface area contributed by atoms with Gasteiger partial charge >= 0.3 is 38.4 Å². The number of ether oxygens (including phenoxy) is 4. The summed E-state index contributed by atoms with van der Waals surface area (Å²) in [5.74, 6) is -5.70. The van der Waals surface area contributed by atoms with Crippen molar-refractivity contribution in [1.29, 1.82) is 0 Å². The minimum atomic E-state index is -2.93. The molecule has 0 aromatic carbocycles. The zero-order chi connectivity index (χ0) is 28.1. The van der Waals surface area contributed by atoms with Gasteiger partial charge < -0.3 is 27.8 Å². The van der Waals surface area contributed by atoms with Gasteiger partial charge in [0.05, 0.1) is 13.0 Å². The number of carbonyl (C=O) groups is 4. The molecule has 0 aliphatic heterocycles. The van der Waals surface area contributed by atoms with E-state index in [0.29, 0.717) is 18.4 Å². The summed E-state index contributed by atoms with van der Waals surface area (Å²) in [7, 11) is -1.47. The molecule has 0 N–H and O–H groups in total. The first-order chi connectivity index (χ1) is 16.6. The van der Waals surface area contributed by atoms with Crippen LogP contribution in [0.4, 0.5) is 0 Å². The average molecular weight is 527 g/mol. The Kier molecular flexibility index (Phi) is 13.9. The third-order valence-electron chi connectivity index (χ3n) is 4.63. The van der Waals surface area contributed by atoms with E-state index in [4.69, 9.17) is 27.8 Å². The van der Waals surface area contributed by atoms with E-state index in [0.717, 1.165) is 0 Å². The van der Waals surface area contributed by atoms with Crippen molar-refractivity contribution in [3.8, 4) is 0 Å². The van der Waals surface area contributed by atoms with Gasteiger partial charge in [-0.15, -0.1) is 0 Å². The van der Waals surface area contributed by atoms with Gasteiger partial charge in [0.15, 0.2) is 0 Å². The Balaban J connectivity index is 5.56. The Morgan fingerprint density at radius 1 is 0.694 bits per heavy atom. The molecule has 0 aromatic rings. The Labute approximate surface area is 214 Å². The van der Waals surface area contributed by atoms with Crippen molar-refractivity contribution in [3.63, 3.8) is 0 Å². The topological polar surface area (TPSA) is 124 Å². The fourth-order valence-electron chi connectivity index (χ4n) is 2.29. The quantitative estimate of drug-likeness (QED) is 0.0902. The van der Waals surface area contributed by atoms with Crippen LogP contribution < -0.4 is 0 Å². The van der Waals surface area contributed by atoms with Crippen LogP contribution in [0.1, 0.15) is 47.0 Å². The maximum Gasteiger partial charge on any atom is 0.423 e. The maximum absolute atomic E-state index is 12.4. The van der Waals surface area contributed by atoms with E-state index in [1.807, 2.05) is 0 Å². The minimum absolute atomic E-state index is 0.00697. The van der Waals surface area contributed by atoms with Crippen LogP contribution in [-0.4, -0.2) is 58.7 Å². The van der Waals surface area contributed by atoms with Crippen LogP contribution in [0, 0.1) is 0 Å². The molecule has 0 spiro atoms. The van der Waals surface area contributed by atoms with Gasteiger partial charge in [-0.25, -0.2) is 19.2 Å². The van der Waals surface area contributed by atoms with Gasteiger partial charge in [-0.1, -0.05) is 26.3 Å². The lowest BCUT2D eigenvalue weighted by molar-refractivity contribution is -0.326. The van der Waals surface area contributed by atoms with Crippen LogP contribution in [0.25, 0.3) is 0 Å². The van der Waals surface area contributed by atoms with Crippen LogP contribution in [0.5, 0.6) is 0 Å². The lowest BCUT2D eigenvalue weighted by Crippen LogP contribution is -2.48. The van der Waals surface area contributed by atoms with Crippen molar-refractivity contribution < 1.29 is 47.0 Å². The molecule has 0 bridgehead atoms. The number of rotatable bonds is 17. The zero-order valence-electron chi connectivity index (χ0n) is 22.2. The molecule has 202 valence electrons. The molecule has 1 atom stereocenters. The lowest BCUT2D eigenvalue weighted by Gasteiger charge is -2.34. The first-order valence-electron chi connectivity index (χ1n) is 11.3. The molecule has 0 amide bonds. The van der Waals surface area contributed by atoms with Gasteiger partial charge in [0.25, 0.3) is 0 Å². The molecular weight excluding hydrogens is 488 g/mol. The smallest absolute Gasteiger partial charge is 0.423 e. The highest BCUT2D eigenvalue weighted by Crippen LogP contribution is 2.30. The molecule has 0 fully saturated rings. The maximum atomic E-state index is 12.4. The lowest BCUT2D eigenvalue weighted by atomic mass is 10.3. The summed E-state index contributed by atoms with van der Waals surface area (Å²) >= 11 is 0. The highest BCUT2D eigenvalue weighted by Gasteiger charge is 2.47. The van der Waals surface area contributed by atoms with Crippen LogP contribution in [-0.2, 0) is 47.0 Å². The third-order valence-corrected chi connectivity index (χ3v) is 7.47. The standard InChI is InChI=1S/C25H38O10Si/c1-17(2)21(26)31-14-11-12-15-32-36(10,30-9)16-13-25(33-22(27)18(3)4,34-23(28)19(5)6)35-24(29)20(7)8/h1,3,5,7,11-16H2,2,4,6,8-10H3. The monoisotopic (exact) mass is 526 g/mol. The normalized spacial score (nSPS) is 12.5. The van der Waals surface area contributed by atoms with Crippen LogP contribution in [0.2, 0.25) is 12.6 Å². The van der Waals surface area contributed by atoms with Gasteiger partial charge in [-0.3, -0.25) is 0 Å². The minimum Gasteiger partial charge on any atom is -0.462 e. The van der Waals surface area contributed by atoms with Crippen molar-refractivity contribution in [2.45, 2.75) is 65.5 Å². The highest BCUT2D eigenvalue weighted by molar-refractivity contribution is 6.66. The summed E-state index contributed by atoms with van der Waals surface area (Å²) in [5.41, 5.74) is 0.300. The van der Waals surface area contributed by atoms with Crippen molar-refractivity contribution in [1.82, 2.24) is 0 Å².